The molecule has 0 amide bonds. The van der Waals surface area contributed by atoms with Gasteiger partial charge in [-0.25, -0.2) is 0 Å². The van der Waals surface area contributed by atoms with Gasteiger partial charge in [-0.2, -0.15) is 5.26 Å². The van der Waals surface area contributed by atoms with Crippen LogP contribution in [0, 0.1) is 11.3 Å². The van der Waals surface area contributed by atoms with E-state index in [0.29, 0.717) is 6.04 Å². The van der Waals surface area contributed by atoms with E-state index in [1.807, 2.05) is 0 Å². The molecule has 0 aliphatic heterocycles. The molecule has 3 heteroatoms. The molecule has 0 saturated heterocycles. The molecule has 3 nitrogen and oxygen atoms in total. The van der Waals surface area contributed by atoms with Gasteiger partial charge in [0.1, 0.15) is 0 Å². The molecule has 0 fully saturated rings. The van der Waals surface area contributed by atoms with Crippen LogP contribution < -0.4 is 5.32 Å². The van der Waals surface area contributed by atoms with E-state index in [-0.39, 0.29) is 6.04 Å². The van der Waals surface area contributed by atoms with Gasteiger partial charge in [0.25, 0.3) is 0 Å². The van der Waals surface area contributed by atoms with E-state index in [2.05, 4.69) is 44.0 Å². The van der Waals surface area contributed by atoms with Crippen molar-refractivity contribution in [1.82, 2.24) is 10.2 Å². The van der Waals surface area contributed by atoms with Crippen molar-refractivity contribution >= 4 is 0 Å². The summed E-state index contributed by atoms with van der Waals surface area (Å²) in [5.74, 6) is 0. The Morgan fingerprint density at radius 2 is 1.93 bits per heavy atom. The number of hydrogen-bond acceptors (Lipinski definition) is 3. The standard InChI is InChI=1S/C12H25N3/c1-5-8-15(6-2)9-7-12(10-13)14-11(3)4/h11-12,14H,5-9H2,1-4H3. The number of nitriles is 1. The Bertz CT molecular complexity index is 184. The second-order valence-electron chi connectivity index (χ2n) is 4.23. The van der Waals surface area contributed by atoms with Gasteiger partial charge >= 0.3 is 0 Å². The molecule has 0 aromatic heterocycles. The highest BCUT2D eigenvalue weighted by molar-refractivity contribution is 4.91. The van der Waals surface area contributed by atoms with Gasteiger partial charge in [-0.3, -0.25) is 5.32 Å². The Hall–Kier alpha value is -0.590. The minimum atomic E-state index is -0.00379. The van der Waals surface area contributed by atoms with Crippen molar-refractivity contribution in [2.45, 2.75) is 52.6 Å². The van der Waals surface area contributed by atoms with E-state index in [4.69, 9.17) is 5.26 Å². The Labute approximate surface area is 94.5 Å². The fourth-order valence-corrected chi connectivity index (χ4v) is 1.64. The Balaban J connectivity index is 3.83. The Morgan fingerprint density at radius 1 is 1.27 bits per heavy atom. The van der Waals surface area contributed by atoms with E-state index in [0.717, 1.165) is 26.1 Å². The second-order valence-corrected chi connectivity index (χ2v) is 4.23. The first-order valence-corrected chi connectivity index (χ1v) is 6.02. The first-order valence-electron chi connectivity index (χ1n) is 6.02. The average Bonchev–Trinajstić information content (AvgIpc) is 2.21. The van der Waals surface area contributed by atoms with E-state index < -0.39 is 0 Å². The second kappa shape index (κ2) is 8.70. The fourth-order valence-electron chi connectivity index (χ4n) is 1.64. The number of rotatable bonds is 8. The number of nitrogens with one attached hydrogen (secondary N) is 1. The van der Waals surface area contributed by atoms with Crippen molar-refractivity contribution < 1.29 is 0 Å². The third kappa shape index (κ3) is 7.35. The molecule has 15 heavy (non-hydrogen) atoms. The van der Waals surface area contributed by atoms with E-state index in [1.54, 1.807) is 0 Å². The normalized spacial score (nSPS) is 13.1. The summed E-state index contributed by atoms with van der Waals surface area (Å²) in [5, 5.41) is 12.2. The zero-order valence-electron chi connectivity index (χ0n) is 10.6. The lowest BCUT2D eigenvalue weighted by Gasteiger charge is -2.22. The molecular formula is C12H25N3. The minimum Gasteiger partial charge on any atom is -0.304 e. The molecule has 0 rings (SSSR count). The topological polar surface area (TPSA) is 39.1 Å². The summed E-state index contributed by atoms with van der Waals surface area (Å²) >= 11 is 0. The van der Waals surface area contributed by atoms with Crippen LogP contribution in [0.3, 0.4) is 0 Å². The lowest BCUT2D eigenvalue weighted by atomic mass is 10.2. The summed E-state index contributed by atoms with van der Waals surface area (Å²) in [6.45, 7) is 11.7. The van der Waals surface area contributed by atoms with Crippen molar-refractivity contribution in [2.24, 2.45) is 0 Å². The third-order valence-electron chi connectivity index (χ3n) is 2.41. The fraction of sp³-hybridized carbons (Fsp3) is 0.917. The molecule has 0 aliphatic carbocycles. The highest BCUT2D eigenvalue weighted by Gasteiger charge is 2.10. The maximum atomic E-state index is 8.96. The lowest BCUT2D eigenvalue weighted by Crippen LogP contribution is -2.37. The predicted molar refractivity (Wildman–Crippen MR) is 64.7 cm³/mol. The molecule has 88 valence electrons. The zero-order chi connectivity index (χ0) is 11.7. The molecule has 1 atom stereocenters. The van der Waals surface area contributed by atoms with Gasteiger partial charge < -0.3 is 4.90 Å². The van der Waals surface area contributed by atoms with Gasteiger partial charge in [-0.05, 0) is 39.8 Å². The van der Waals surface area contributed by atoms with Crippen LogP contribution in [-0.2, 0) is 0 Å². The summed E-state index contributed by atoms with van der Waals surface area (Å²) in [6, 6.07) is 2.70. The van der Waals surface area contributed by atoms with Crippen LogP contribution in [0.4, 0.5) is 0 Å². The van der Waals surface area contributed by atoms with E-state index in [1.165, 1.54) is 6.42 Å². The van der Waals surface area contributed by atoms with Crippen molar-refractivity contribution in [3.05, 3.63) is 0 Å². The van der Waals surface area contributed by atoms with Crippen LogP contribution in [0.5, 0.6) is 0 Å². The Morgan fingerprint density at radius 3 is 2.33 bits per heavy atom. The molecule has 0 aromatic rings. The molecule has 0 aliphatic rings. The molecule has 0 aromatic carbocycles. The summed E-state index contributed by atoms with van der Waals surface area (Å²) < 4.78 is 0. The first-order chi connectivity index (χ1) is 7.13. The number of hydrogen-bond donors (Lipinski definition) is 1. The molecule has 0 radical (unpaired) electrons. The van der Waals surface area contributed by atoms with Crippen LogP contribution in [0.15, 0.2) is 0 Å². The largest absolute Gasteiger partial charge is 0.304 e. The highest BCUT2D eigenvalue weighted by Crippen LogP contribution is 1.98. The average molecular weight is 211 g/mol. The maximum Gasteiger partial charge on any atom is 0.0967 e. The minimum absolute atomic E-state index is 0.00379. The van der Waals surface area contributed by atoms with Crippen LogP contribution in [-0.4, -0.2) is 36.6 Å². The summed E-state index contributed by atoms with van der Waals surface area (Å²) in [6.07, 6.45) is 2.10. The molecule has 0 bridgehead atoms. The quantitative estimate of drug-likeness (QED) is 0.667. The van der Waals surface area contributed by atoms with Gasteiger partial charge in [0.2, 0.25) is 0 Å². The molecule has 1 unspecified atom stereocenters. The van der Waals surface area contributed by atoms with Gasteiger partial charge in [0.05, 0.1) is 12.1 Å². The van der Waals surface area contributed by atoms with Crippen molar-refractivity contribution in [1.29, 1.82) is 5.26 Å². The highest BCUT2D eigenvalue weighted by atomic mass is 15.1. The predicted octanol–water partition coefficient (Wildman–Crippen LogP) is 2.00. The first kappa shape index (κ1) is 14.4. The summed E-state index contributed by atoms with van der Waals surface area (Å²) in [5.41, 5.74) is 0. The van der Waals surface area contributed by atoms with Gasteiger partial charge in [-0.15, -0.1) is 0 Å². The zero-order valence-corrected chi connectivity index (χ0v) is 10.6. The van der Waals surface area contributed by atoms with Gasteiger partial charge in [0.15, 0.2) is 0 Å². The van der Waals surface area contributed by atoms with E-state index in [9.17, 15) is 0 Å². The maximum absolute atomic E-state index is 8.96. The van der Waals surface area contributed by atoms with Crippen molar-refractivity contribution in [2.75, 3.05) is 19.6 Å². The van der Waals surface area contributed by atoms with E-state index >= 15 is 0 Å². The van der Waals surface area contributed by atoms with Crippen molar-refractivity contribution in [3.63, 3.8) is 0 Å². The summed E-state index contributed by atoms with van der Waals surface area (Å²) in [7, 11) is 0. The van der Waals surface area contributed by atoms with Crippen LogP contribution >= 0.6 is 0 Å². The number of nitrogens with zero attached hydrogens (tertiary/aromatic N) is 2. The van der Waals surface area contributed by atoms with Crippen LogP contribution in [0.2, 0.25) is 0 Å². The van der Waals surface area contributed by atoms with Crippen molar-refractivity contribution in [3.8, 4) is 6.07 Å². The van der Waals surface area contributed by atoms with Crippen LogP contribution in [0.1, 0.15) is 40.5 Å². The monoisotopic (exact) mass is 211 g/mol. The lowest BCUT2D eigenvalue weighted by molar-refractivity contribution is 0.274. The molecule has 0 spiro atoms. The molecule has 1 N–H and O–H groups in total. The van der Waals surface area contributed by atoms with Gasteiger partial charge in [0, 0.05) is 12.6 Å². The van der Waals surface area contributed by atoms with Gasteiger partial charge in [-0.1, -0.05) is 13.8 Å². The smallest absolute Gasteiger partial charge is 0.0967 e. The van der Waals surface area contributed by atoms with Crippen LogP contribution in [0.25, 0.3) is 0 Å². The SMILES string of the molecule is CCCN(CC)CCC(C#N)NC(C)C. The molecule has 0 saturated carbocycles. The Kier molecular flexibility index (Phi) is 8.35. The molecule has 0 heterocycles. The summed E-state index contributed by atoms with van der Waals surface area (Å²) in [4.78, 5) is 2.40. The third-order valence-corrected chi connectivity index (χ3v) is 2.41. The molecular weight excluding hydrogens is 186 g/mol.